The first-order valence-corrected chi connectivity index (χ1v) is 6.89. The van der Waals surface area contributed by atoms with E-state index in [0.717, 1.165) is 12.8 Å². The summed E-state index contributed by atoms with van der Waals surface area (Å²) >= 11 is 5.86. The van der Waals surface area contributed by atoms with Crippen LogP contribution in [0.5, 0.6) is 0 Å². The molecule has 1 aromatic carbocycles. The van der Waals surface area contributed by atoms with Gasteiger partial charge in [-0.2, -0.15) is 0 Å². The maximum absolute atomic E-state index is 12.3. The zero-order valence-corrected chi connectivity index (χ0v) is 12.0. The van der Waals surface area contributed by atoms with Crippen molar-refractivity contribution in [3.05, 3.63) is 29.3 Å². The van der Waals surface area contributed by atoms with Crippen molar-refractivity contribution in [2.75, 3.05) is 11.9 Å². The number of halogens is 1. The number of hydrogen-bond acceptors (Lipinski definition) is 2. The van der Waals surface area contributed by atoms with E-state index in [4.69, 9.17) is 11.6 Å². The number of carboxylic acids is 1. The van der Waals surface area contributed by atoms with Crippen molar-refractivity contribution in [3.8, 4) is 0 Å². The Hall–Kier alpha value is -1.75. The first-order valence-electron chi connectivity index (χ1n) is 6.51. The second-order valence-corrected chi connectivity index (χ2v) is 5.56. The molecule has 0 spiro atoms. The molecule has 2 amide bonds. The second kappa shape index (κ2) is 5.71. The van der Waals surface area contributed by atoms with E-state index in [1.807, 2.05) is 0 Å². The molecule has 108 valence electrons. The van der Waals surface area contributed by atoms with E-state index in [-0.39, 0.29) is 0 Å². The molecule has 5 nitrogen and oxygen atoms in total. The number of rotatable bonds is 2. The van der Waals surface area contributed by atoms with Crippen LogP contribution >= 0.6 is 11.6 Å². The van der Waals surface area contributed by atoms with Gasteiger partial charge in [0.1, 0.15) is 5.54 Å². The monoisotopic (exact) mass is 296 g/mol. The average molecular weight is 297 g/mol. The lowest BCUT2D eigenvalue weighted by Crippen LogP contribution is -2.58. The van der Waals surface area contributed by atoms with Crippen molar-refractivity contribution < 1.29 is 14.7 Å². The van der Waals surface area contributed by atoms with E-state index in [9.17, 15) is 14.7 Å². The highest BCUT2D eigenvalue weighted by atomic mass is 35.5. The van der Waals surface area contributed by atoms with Crippen molar-refractivity contribution in [3.63, 3.8) is 0 Å². The number of piperidine rings is 1. The number of likely N-dealkylation sites (tertiary alicyclic amines) is 1. The summed E-state index contributed by atoms with van der Waals surface area (Å²) < 4.78 is 0. The van der Waals surface area contributed by atoms with Crippen LogP contribution < -0.4 is 5.32 Å². The van der Waals surface area contributed by atoms with Crippen LogP contribution in [0.1, 0.15) is 26.2 Å². The molecule has 1 heterocycles. The fourth-order valence-corrected chi connectivity index (χ4v) is 2.62. The Morgan fingerprint density at radius 3 is 2.80 bits per heavy atom. The lowest BCUT2D eigenvalue weighted by molar-refractivity contribution is -0.150. The number of urea groups is 1. The molecule has 1 unspecified atom stereocenters. The van der Waals surface area contributed by atoms with E-state index in [2.05, 4.69) is 5.32 Å². The van der Waals surface area contributed by atoms with Crippen LogP contribution in [0.4, 0.5) is 10.5 Å². The summed E-state index contributed by atoms with van der Waals surface area (Å²) in [4.78, 5) is 25.2. The van der Waals surface area contributed by atoms with E-state index in [1.165, 1.54) is 4.90 Å². The Bertz CT molecular complexity index is 535. The zero-order valence-electron chi connectivity index (χ0n) is 11.2. The SMILES string of the molecule is CC1(C(=O)O)CCCCN1C(=O)Nc1cccc(Cl)c1. The largest absolute Gasteiger partial charge is 0.480 e. The molecule has 1 aromatic rings. The van der Waals surface area contributed by atoms with Crippen LogP contribution in [0, 0.1) is 0 Å². The lowest BCUT2D eigenvalue weighted by Gasteiger charge is -2.41. The predicted octanol–water partition coefficient (Wildman–Crippen LogP) is 3.20. The molecule has 1 aliphatic heterocycles. The quantitative estimate of drug-likeness (QED) is 0.880. The third-order valence-corrected chi connectivity index (χ3v) is 3.91. The van der Waals surface area contributed by atoms with Gasteiger partial charge in [0.05, 0.1) is 0 Å². The molecule has 0 aromatic heterocycles. The molecule has 0 saturated carbocycles. The standard InChI is InChI=1S/C14H17ClN2O3/c1-14(12(18)19)7-2-3-8-17(14)13(20)16-11-6-4-5-10(15)9-11/h4-6,9H,2-3,7-8H2,1H3,(H,16,20)(H,18,19). The number of carboxylic acid groups (broad SMARTS) is 1. The van der Waals surface area contributed by atoms with Gasteiger partial charge in [0.2, 0.25) is 0 Å². The summed E-state index contributed by atoms with van der Waals surface area (Å²) in [5, 5.41) is 12.6. The van der Waals surface area contributed by atoms with Crippen molar-refractivity contribution in [2.45, 2.75) is 31.7 Å². The van der Waals surface area contributed by atoms with Gasteiger partial charge < -0.3 is 15.3 Å². The van der Waals surface area contributed by atoms with Crippen molar-refractivity contribution in [1.82, 2.24) is 4.90 Å². The minimum absolute atomic E-state index is 0.406. The predicted molar refractivity (Wildman–Crippen MR) is 77.1 cm³/mol. The van der Waals surface area contributed by atoms with Crippen LogP contribution in [0.3, 0.4) is 0 Å². The van der Waals surface area contributed by atoms with Gasteiger partial charge in [-0.3, -0.25) is 0 Å². The Kier molecular flexibility index (Phi) is 4.18. The molecule has 2 rings (SSSR count). The van der Waals surface area contributed by atoms with Gasteiger partial charge in [0.25, 0.3) is 0 Å². The molecule has 0 bridgehead atoms. The fraction of sp³-hybridized carbons (Fsp3) is 0.429. The molecule has 0 aliphatic carbocycles. The highest BCUT2D eigenvalue weighted by molar-refractivity contribution is 6.30. The molecule has 1 atom stereocenters. The molecule has 2 N–H and O–H groups in total. The number of benzene rings is 1. The average Bonchev–Trinajstić information content (AvgIpc) is 2.39. The summed E-state index contributed by atoms with van der Waals surface area (Å²) in [6, 6.07) is 6.37. The summed E-state index contributed by atoms with van der Waals surface area (Å²) in [7, 11) is 0. The van der Waals surface area contributed by atoms with E-state index in [1.54, 1.807) is 31.2 Å². The first kappa shape index (κ1) is 14.7. The normalized spacial score (nSPS) is 22.4. The van der Waals surface area contributed by atoms with Crippen molar-refractivity contribution in [2.24, 2.45) is 0 Å². The Labute approximate surface area is 122 Å². The van der Waals surface area contributed by atoms with Gasteiger partial charge >= 0.3 is 12.0 Å². The number of nitrogens with zero attached hydrogens (tertiary/aromatic N) is 1. The van der Waals surface area contributed by atoms with E-state index in [0.29, 0.717) is 23.7 Å². The van der Waals surface area contributed by atoms with Gasteiger partial charge in [0, 0.05) is 17.3 Å². The second-order valence-electron chi connectivity index (χ2n) is 5.13. The van der Waals surface area contributed by atoms with Crippen LogP contribution in [0.25, 0.3) is 0 Å². The van der Waals surface area contributed by atoms with Crippen LogP contribution in [-0.4, -0.2) is 34.1 Å². The van der Waals surface area contributed by atoms with E-state index < -0.39 is 17.5 Å². The molecule has 20 heavy (non-hydrogen) atoms. The summed E-state index contributed by atoms with van der Waals surface area (Å²) in [6.07, 6.45) is 2.08. The molecule has 6 heteroatoms. The molecule has 1 aliphatic rings. The van der Waals surface area contributed by atoms with Crippen molar-refractivity contribution in [1.29, 1.82) is 0 Å². The maximum Gasteiger partial charge on any atom is 0.329 e. The van der Waals surface area contributed by atoms with Gasteiger partial charge in [-0.05, 0) is 44.4 Å². The van der Waals surface area contributed by atoms with Crippen LogP contribution in [0.15, 0.2) is 24.3 Å². The Balaban J connectivity index is 2.16. The van der Waals surface area contributed by atoms with Crippen molar-refractivity contribution >= 4 is 29.3 Å². The third kappa shape index (κ3) is 2.88. The lowest BCUT2D eigenvalue weighted by atomic mass is 9.89. The Morgan fingerprint density at radius 1 is 1.40 bits per heavy atom. The summed E-state index contributed by atoms with van der Waals surface area (Å²) in [6.45, 7) is 2.03. The topological polar surface area (TPSA) is 69.6 Å². The highest BCUT2D eigenvalue weighted by Gasteiger charge is 2.43. The highest BCUT2D eigenvalue weighted by Crippen LogP contribution is 2.29. The molecule has 1 saturated heterocycles. The van der Waals surface area contributed by atoms with Gasteiger partial charge in [-0.1, -0.05) is 17.7 Å². The molecular formula is C14H17ClN2O3. The van der Waals surface area contributed by atoms with Crippen LogP contribution in [-0.2, 0) is 4.79 Å². The summed E-state index contributed by atoms with van der Waals surface area (Å²) in [5.41, 5.74) is -0.596. The molecule has 0 radical (unpaired) electrons. The summed E-state index contributed by atoms with van der Waals surface area (Å²) in [5.74, 6) is -0.974. The first-order chi connectivity index (χ1) is 9.43. The van der Waals surface area contributed by atoms with E-state index >= 15 is 0 Å². The molecular weight excluding hydrogens is 280 g/mol. The third-order valence-electron chi connectivity index (χ3n) is 3.67. The number of nitrogens with one attached hydrogen (secondary N) is 1. The molecule has 1 fully saturated rings. The Morgan fingerprint density at radius 2 is 2.15 bits per heavy atom. The zero-order chi connectivity index (χ0) is 14.8. The minimum atomic E-state index is -1.15. The smallest absolute Gasteiger partial charge is 0.329 e. The number of hydrogen-bond donors (Lipinski definition) is 2. The maximum atomic E-state index is 12.3. The number of carbonyl (C=O) groups is 2. The minimum Gasteiger partial charge on any atom is -0.480 e. The number of anilines is 1. The van der Waals surface area contributed by atoms with Crippen LogP contribution in [0.2, 0.25) is 5.02 Å². The van der Waals surface area contributed by atoms with Gasteiger partial charge in [0.15, 0.2) is 0 Å². The number of carbonyl (C=O) groups excluding carboxylic acids is 1. The van der Waals surface area contributed by atoms with Gasteiger partial charge in [-0.25, -0.2) is 9.59 Å². The number of amides is 2. The number of aliphatic carboxylic acids is 1. The fourth-order valence-electron chi connectivity index (χ4n) is 2.43. The van der Waals surface area contributed by atoms with Gasteiger partial charge in [-0.15, -0.1) is 0 Å².